The number of halogens is 2. The van der Waals surface area contributed by atoms with Crippen LogP contribution in [0.1, 0.15) is 15.9 Å². The summed E-state index contributed by atoms with van der Waals surface area (Å²) in [5, 5.41) is 2.89. The molecule has 3 nitrogen and oxygen atoms in total. The molecular weight excluding hydrogens is 310 g/mol. The van der Waals surface area contributed by atoms with E-state index in [0.29, 0.717) is 11.4 Å². The summed E-state index contributed by atoms with van der Waals surface area (Å²) in [5.74, 6) is -0.706. The molecule has 0 atom stereocenters. The molecule has 1 aromatic heterocycles. The van der Waals surface area contributed by atoms with Gasteiger partial charge in [0.1, 0.15) is 17.5 Å². The molecule has 0 amide bonds. The first-order valence-electron chi connectivity index (χ1n) is 7.36. The Balaban J connectivity index is 1.77. The Bertz CT molecular complexity index is 843. The summed E-state index contributed by atoms with van der Waals surface area (Å²) in [5.41, 5.74) is 2.12. The molecule has 1 N–H and O–H groups in total. The molecule has 1 heterocycles. The van der Waals surface area contributed by atoms with E-state index in [4.69, 9.17) is 0 Å². The minimum atomic E-state index is -0.598. The summed E-state index contributed by atoms with van der Waals surface area (Å²) in [6, 6.07) is 14.5. The highest BCUT2D eigenvalue weighted by atomic mass is 19.1. The largest absolute Gasteiger partial charge is 0.366 e. The predicted octanol–water partition coefficient (Wildman–Crippen LogP) is 4.45. The zero-order chi connectivity index (χ0) is 16.9. The fourth-order valence-electron chi connectivity index (χ4n) is 2.40. The van der Waals surface area contributed by atoms with Gasteiger partial charge in [-0.1, -0.05) is 30.3 Å². The van der Waals surface area contributed by atoms with E-state index in [-0.39, 0.29) is 12.1 Å². The van der Waals surface area contributed by atoms with Crippen molar-refractivity contribution in [2.45, 2.75) is 6.54 Å². The molecule has 5 heteroatoms. The molecule has 0 radical (unpaired) electrons. The minimum absolute atomic E-state index is 0.00419. The maximum atomic E-state index is 13.6. The lowest BCUT2D eigenvalue weighted by molar-refractivity contribution is 0.112. The second kappa shape index (κ2) is 7.00. The SMILES string of the molecule is O=Cc1ccccc1-c1ccc(NCc2c(F)cccc2F)nc1. The van der Waals surface area contributed by atoms with E-state index in [9.17, 15) is 13.6 Å². The normalized spacial score (nSPS) is 10.4. The molecular formula is C19H14F2N2O. The zero-order valence-corrected chi connectivity index (χ0v) is 12.7. The summed E-state index contributed by atoms with van der Waals surface area (Å²) >= 11 is 0. The van der Waals surface area contributed by atoms with Gasteiger partial charge in [-0.2, -0.15) is 0 Å². The third-order valence-corrected chi connectivity index (χ3v) is 3.67. The van der Waals surface area contributed by atoms with Gasteiger partial charge in [0.05, 0.1) is 0 Å². The smallest absolute Gasteiger partial charge is 0.150 e. The standard InChI is InChI=1S/C19H14F2N2O/c20-17-6-3-7-18(21)16(17)11-23-19-9-8-13(10-22-19)15-5-2-1-4-14(15)12-24/h1-10,12H,11H2,(H,22,23). The van der Waals surface area contributed by atoms with Crippen LogP contribution in [0.2, 0.25) is 0 Å². The molecule has 0 saturated carbocycles. The van der Waals surface area contributed by atoms with Crippen molar-refractivity contribution in [3.8, 4) is 11.1 Å². The fourth-order valence-corrected chi connectivity index (χ4v) is 2.40. The fraction of sp³-hybridized carbons (Fsp3) is 0.0526. The van der Waals surface area contributed by atoms with Gasteiger partial charge in [0.15, 0.2) is 6.29 Å². The first-order valence-corrected chi connectivity index (χ1v) is 7.36. The molecule has 0 aliphatic rings. The van der Waals surface area contributed by atoms with Crippen LogP contribution in [0.3, 0.4) is 0 Å². The van der Waals surface area contributed by atoms with Crippen LogP contribution >= 0.6 is 0 Å². The molecule has 0 bridgehead atoms. The van der Waals surface area contributed by atoms with Gasteiger partial charge in [0.25, 0.3) is 0 Å². The number of hydrogen-bond acceptors (Lipinski definition) is 3. The van der Waals surface area contributed by atoms with Crippen LogP contribution < -0.4 is 5.32 Å². The lowest BCUT2D eigenvalue weighted by atomic mass is 10.0. The Kier molecular flexibility index (Phi) is 4.61. The number of aldehydes is 1. The summed E-state index contributed by atoms with van der Waals surface area (Å²) in [7, 11) is 0. The van der Waals surface area contributed by atoms with Crippen molar-refractivity contribution < 1.29 is 13.6 Å². The van der Waals surface area contributed by atoms with E-state index < -0.39 is 11.6 Å². The van der Waals surface area contributed by atoms with Crippen LogP contribution in [0.4, 0.5) is 14.6 Å². The summed E-state index contributed by atoms with van der Waals surface area (Å²) in [6.07, 6.45) is 2.41. The highest BCUT2D eigenvalue weighted by molar-refractivity contribution is 5.87. The van der Waals surface area contributed by atoms with E-state index in [1.54, 1.807) is 30.5 Å². The lowest BCUT2D eigenvalue weighted by Gasteiger charge is -2.09. The average molecular weight is 324 g/mol. The van der Waals surface area contributed by atoms with Gasteiger partial charge in [0.2, 0.25) is 0 Å². The van der Waals surface area contributed by atoms with Crippen LogP contribution in [-0.2, 0) is 6.54 Å². The van der Waals surface area contributed by atoms with Crippen molar-refractivity contribution in [3.63, 3.8) is 0 Å². The highest BCUT2D eigenvalue weighted by Crippen LogP contribution is 2.23. The van der Waals surface area contributed by atoms with Crippen molar-refractivity contribution in [1.82, 2.24) is 4.98 Å². The summed E-state index contributed by atoms with van der Waals surface area (Å²) < 4.78 is 27.2. The number of nitrogens with one attached hydrogen (secondary N) is 1. The number of anilines is 1. The third kappa shape index (κ3) is 3.30. The number of carbonyl (C=O) groups excluding carboxylic acids is 1. The van der Waals surface area contributed by atoms with E-state index in [1.165, 1.54) is 18.2 Å². The monoisotopic (exact) mass is 324 g/mol. The molecule has 24 heavy (non-hydrogen) atoms. The molecule has 3 aromatic rings. The van der Waals surface area contributed by atoms with Gasteiger partial charge < -0.3 is 5.32 Å². The Morgan fingerprint density at radius 1 is 0.958 bits per heavy atom. The van der Waals surface area contributed by atoms with Gasteiger partial charge in [-0.05, 0) is 29.8 Å². The average Bonchev–Trinajstić information content (AvgIpc) is 2.62. The molecule has 0 aliphatic carbocycles. The number of rotatable bonds is 5. The molecule has 0 unspecified atom stereocenters. The van der Waals surface area contributed by atoms with Crippen molar-refractivity contribution in [3.05, 3.63) is 83.6 Å². The van der Waals surface area contributed by atoms with Gasteiger partial charge in [-0.25, -0.2) is 13.8 Å². The number of carbonyl (C=O) groups is 1. The molecule has 0 saturated heterocycles. The van der Waals surface area contributed by atoms with Gasteiger partial charge in [-0.3, -0.25) is 4.79 Å². The van der Waals surface area contributed by atoms with Gasteiger partial charge in [0, 0.05) is 29.4 Å². The van der Waals surface area contributed by atoms with Crippen LogP contribution in [0, 0.1) is 11.6 Å². The minimum Gasteiger partial charge on any atom is -0.366 e. The van der Waals surface area contributed by atoms with Gasteiger partial charge >= 0.3 is 0 Å². The van der Waals surface area contributed by atoms with E-state index >= 15 is 0 Å². The Morgan fingerprint density at radius 3 is 2.38 bits per heavy atom. The molecule has 0 fully saturated rings. The number of pyridine rings is 1. The van der Waals surface area contributed by atoms with Crippen molar-refractivity contribution in [1.29, 1.82) is 0 Å². The van der Waals surface area contributed by atoms with Crippen LogP contribution in [-0.4, -0.2) is 11.3 Å². The Morgan fingerprint density at radius 2 is 1.71 bits per heavy atom. The van der Waals surface area contributed by atoms with Crippen molar-refractivity contribution in [2.24, 2.45) is 0 Å². The molecule has 0 spiro atoms. The number of nitrogens with zero attached hydrogens (tertiary/aromatic N) is 1. The van der Waals surface area contributed by atoms with Crippen LogP contribution in [0.5, 0.6) is 0 Å². The van der Waals surface area contributed by atoms with E-state index in [1.807, 2.05) is 12.1 Å². The molecule has 3 rings (SSSR count). The Labute approximate surface area is 138 Å². The van der Waals surface area contributed by atoms with E-state index in [2.05, 4.69) is 10.3 Å². The molecule has 2 aromatic carbocycles. The zero-order valence-electron chi connectivity index (χ0n) is 12.7. The second-order valence-corrected chi connectivity index (χ2v) is 5.19. The maximum Gasteiger partial charge on any atom is 0.150 e. The summed E-state index contributed by atoms with van der Waals surface area (Å²) in [6.45, 7) is -0.00419. The number of hydrogen-bond donors (Lipinski definition) is 1. The highest BCUT2D eigenvalue weighted by Gasteiger charge is 2.09. The third-order valence-electron chi connectivity index (χ3n) is 3.67. The Hall–Kier alpha value is -3.08. The first-order chi connectivity index (χ1) is 11.7. The second-order valence-electron chi connectivity index (χ2n) is 5.19. The summed E-state index contributed by atoms with van der Waals surface area (Å²) in [4.78, 5) is 15.3. The topological polar surface area (TPSA) is 42.0 Å². The molecule has 120 valence electrons. The van der Waals surface area contributed by atoms with Crippen molar-refractivity contribution >= 4 is 12.1 Å². The van der Waals surface area contributed by atoms with Crippen molar-refractivity contribution in [2.75, 3.05) is 5.32 Å². The first kappa shape index (κ1) is 15.8. The van der Waals surface area contributed by atoms with Gasteiger partial charge in [-0.15, -0.1) is 0 Å². The molecule has 0 aliphatic heterocycles. The van der Waals surface area contributed by atoms with Crippen LogP contribution in [0.25, 0.3) is 11.1 Å². The lowest BCUT2D eigenvalue weighted by Crippen LogP contribution is -2.05. The predicted molar refractivity (Wildman–Crippen MR) is 88.7 cm³/mol. The quantitative estimate of drug-likeness (QED) is 0.705. The van der Waals surface area contributed by atoms with E-state index in [0.717, 1.165) is 17.4 Å². The number of aromatic nitrogens is 1. The van der Waals surface area contributed by atoms with Crippen LogP contribution in [0.15, 0.2) is 60.8 Å². The number of benzene rings is 2. The maximum absolute atomic E-state index is 13.6.